The molecule has 0 unspecified atom stereocenters. The smallest absolute Gasteiger partial charge is 0.280 e. The normalized spacial score (nSPS) is 17.5. The number of pyridine rings is 3. The van der Waals surface area contributed by atoms with Crippen LogP contribution in [0, 0.1) is 11.6 Å². The molecule has 4 N–H and O–H groups in total. The van der Waals surface area contributed by atoms with Gasteiger partial charge in [-0.2, -0.15) is 0 Å². The van der Waals surface area contributed by atoms with Gasteiger partial charge < -0.3 is 20.9 Å². The molecule has 0 spiro atoms. The minimum Gasteiger partial charge on any atom is -0.382 e. The van der Waals surface area contributed by atoms with Crippen molar-refractivity contribution >= 4 is 22.5 Å². The summed E-state index contributed by atoms with van der Waals surface area (Å²) in [5.74, 6) is -1.61. The number of benzene rings is 1. The molecule has 1 fully saturated rings. The second-order valence-corrected chi connectivity index (χ2v) is 10.2. The van der Waals surface area contributed by atoms with E-state index in [9.17, 15) is 17.6 Å². The fraction of sp³-hybridized carbons (Fsp3) is 0.241. The lowest BCUT2D eigenvalue weighted by Gasteiger charge is -2.41. The van der Waals surface area contributed by atoms with Crippen LogP contribution in [0.25, 0.3) is 22.3 Å². The van der Waals surface area contributed by atoms with Crippen molar-refractivity contribution in [1.29, 1.82) is 0 Å². The molecule has 6 rings (SSSR count). The van der Waals surface area contributed by atoms with Gasteiger partial charge in [-0.3, -0.25) is 4.98 Å². The van der Waals surface area contributed by atoms with Crippen LogP contribution in [-0.2, 0) is 12.1 Å². The van der Waals surface area contributed by atoms with Gasteiger partial charge in [-0.25, -0.2) is 32.5 Å². The standard InChI is InChI=1S/C29H26F4N8/c30-19-6-5-17(11-20(19)31)22-12-18(14-41-16-38-26-23(41)7-9-36-28(26)34)24(13-37-22)40-10-2-8-29(35,15-40)25-4-1-3-21(39-25)27(32)33/h1,3-7,9,11-13,16,27H,2,8,10,14-15,35H2,(H2,34,36)/t29-/m1/s1. The Hall–Kier alpha value is -4.58. The first-order chi connectivity index (χ1) is 19.7. The number of imidazole rings is 1. The first-order valence-electron chi connectivity index (χ1n) is 13.0. The molecule has 210 valence electrons. The number of rotatable bonds is 6. The summed E-state index contributed by atoms with van der Waals surface area (Å²) in [7, 11) is 0. The molecule has 0 saturated carbocycles. The fourth-order valence-corrected chi connectivity index (χ4v) is 5.39. The third kappa shape index (κ3) is 5.06. The summed E-state index contributed by atoms with van der Waals surface area (Å²) < 4.78 is 56.4. The Labute approximate surface area is 232 Å². The maximum absolute atomic E-state index is 14.1. The van der Waals surface area contributed by atoms with Crippen LogP contribution >= 0.6 is 0 Å². The highest BCUT2D eigenvalue weighted by Crippen LogP contribution is 2.35. The van der Waals surface area contributed by atoms with E-state index in [4.69, 9.17) is 11.5 Å². The quantitative estimate of drug-likeness (QED) is 0.274. The number of hydrogen-bond acceptors (Lipinski definition) is 7. The van der Waals surface area contributed by atoms with Crippen molar-refractivity contribution in [3.8, 4) is 11.3 Å². The summed E-state index contributed by atoms with van der Waals surface area (Å²) in [4.78, 5) is 19.3. The Morgan fingerprint density at radius 2 is 1.85 bits per heavy atom. The SMILES string of the molecule is Nc1nccc2c1ncn2Cc1cc(-c2ccc(F)c(F)c2)ncc1N1CCC[C@](N)(c2cccc(C(F)F)n2)C1. The molecule has 0 amide bonds. The molecule has 5 heterocycles. The van der Waals surface area contributed by atoms with Crippen LogP contribution in [0.2, 0.25) is 0 Å². The number of piperidine rings is 1. The highest BCUT2D eigenvalue weighted by atomic mass is 19.3. The third-order valence-electron chi connectivity index (χ3n) is 7.46. The second kappa shape index (κ2) is 10.4. The number of fused-ring (bicyclic) bond motifs is 1. The van der Waals surface area contributed by atoms with Gasteiger partial charge in [-0.05, 0) is 60.9 Å². The van der Waals surface area contributed by atoms with Crippen molar-refractivity contribution in [3.63, 3.8) is 0 Å². The Morgan fingerprint density at radius 3 is 2.66 bits per heavy atom. The number of nitrogen functional groups attached to an aromatic ring is 1. The van der Waals surface area contributed by atoms with Crippen LogP contribution in [0.15, 0.2) is 67.3 Å². The third-order valence-corrected chi connectivity index (χ3v) is 7.46. The number of halogens is 4. The largest absolute Gasteiger partial charge is 0.382 e. The van der Waals surface area contributed by atoms with Crippen molar-refractivity contribution in [1.82, 2.24) is 24.5 Å². The highest BCUT2D eigenvalue weighted by Gasteiger charge is 2.36. The van der Waals surface area contributed by atoms with Crippen LogP contribution < -0.4 is 16.4 Å². The maximum Gasteiger partial charge on any atom is 0.280 e. The van der Waals surface area contributed by atoms with Crippen molar-refractivity contribution < 1.29 is 17.6 Å². The fourth-order valence-electron chi connectivity index (χ4n) is 5.39. The summed E-state index contributed by atoms with van der Waals surface area (Å²) in [6.07, 6.45) is 3.49. The monoisotopic (exact) mass is 562 g/mol. The molecular weight excluding hydrogens is 536 g/mol. The lowest BCUT2D eigenvalue weighted by atomic mass is 9.86. The Balaban J connectivity index is 1.41. The van der Waals surface area contributed by atoms with Gasteiger partial charge in [0.1, 0.15) is 11.2 Å². The zero-order valence-electron chi connectivity index (χ0n) is 21.8. The number of nitrogens with zero attached hydrogens (tertiary/aromatic N) is 6. The lowest BCUT2D eigenvalue weighted by Crippen LogP contribution is -2.52. The summed E-state index contributed by atoms with van der Waals surface area (Å²) in [6.45, 7) is 1.31. The summed E-state index contributed by atoms with van der Waals surface area (Å²) >= 11 is 0. The average Bonchev–Trinajstić information content (AvgIpc) is 3.38. The van der Waals surface area contributed by atoms with Crippen LogP contribution in [0.3, 0.4) is 0 Å². The van der Waals surface area contributed by atoms with Gasteiger partial charge in [0.25, 0.3) is 6.43 Å². The van der Waals surface area contributed by atoms with Crippen LogP contribution in [0.1, 0.15) is 36.2 Å². The van der Waals surface area contributed by atoms with Crippen molar-refractivity contribution in [2.24, 2.45) is 5.73 Å². The molecule has 1 atom stereocenters. The Morgan fingerprint density at radius 1 is 1.00 bits per heavy atom. The molecule has 0 aliphatic carbocycles. The predicted molar refractivity (Wildman–Crippen MR) is 147 cm³/mol. The molecule has 4 aromatic heterocycles. The Bertz CT molecular complexity index is 1740. The second-order valence-electron chi connectivity index (χ2n) is 10.2. The predicted octanol–water partition coefficient (Wildman–Crippen LogP) is 5.19. The van der Waals surface area contributed by atoms with Crippen molar-refractivity contribution in [3.05, 3.63) is 95.8 Å². The minimum atomic E-state index is -2.70. The van der Waals surface area contributed by atoms with Gasteiger partial charge >= 0.3 is 0 Å². The zero-order valence-corrected chi connectivity index (χ0v) is 21.8. The van der Waals surface area contributed by atoms with E-state index in [2.05, 4.69) is 24.8 Å². The lowest BCUT2D eigenvalue weighted by molar-refractivity contribution is 0.145. The van der Waals surface area contributed by atoms with E-state index in [-0.39, 0.29) is 5.69 Å². The number of nitrogens with two attached hydrogens (primary N) is 2. The minimum absolute atomic E-state index is 0.307. The first kappa shape index (κ1) is 26.6. The van der Waals surface area contributed by atoms with E-state index < -0.39 is 23.6 Å². The number of anilines is 2. The van der Waals surface area contributed by atoms with Crippen LogP contribution in [0.5, 0.6) is 0 Å². The van der Waals surface area contributed by atoms with Gasteiger partial charge in [-0.15, -0.1) is 0 Å². The van der Waals surface area contributed by atoms with Crippen molar-refractivity contribution in [2.75, 3.05) is 23.7 Å². The average molecular weight is 563 g/mol. The zero-order chi connectivity index (χ0) is 28.7. The molecule has 0 bridgehead atoms. The van der Waals surface area contributed by atoms with Crippen LogP contribution in [-0.4, -0.2) is 37.6 Å². The molecule has 1 aliphatic rings. The maximum atomic E-state index is 14.1. The molecule has 0 radical (unpaired) electrons. The number of hydrogen-bond donors (Lipinski definition) is 2. The molecule has 12 heteroatoms. The van der Waals surface area contributed by atoms with Gasteiger partial charge in [0.05, 0.1) is 47.2 Å². The number of alkyl halides is 2. The van der Waals surface area contributed by atoms with E-state index in [0.717, 1.165) is 28.9 Å². The molecule has 1 aliphatic heterocycles. The van der Waals surface area contributed by atoms with Gasteiger partial charge in [0, 0.05) is 24.8 Å². The van der Waals surface area contributed by atoms with Crippen LogP contribution in [0.4, 0.5) is 29.1 Å². The van der Waals surface area contributed by atoms with E-state index in [1.165, 1.54) is 12.1 Å². The van der Waals surface area contributed by atoms with Gasteiger partial charge in [0.15, 0.2) is 17.5 Å². The summed E-state index contributed by atoms with van der Waals surface area (Å²) in [5, 5.41) is 0. The highest BCUT2D eigenvalue weighted by molar-refractivity contribution is 5.84. The van der Waals surface area contributed by atoms with E-state index in [0.29, 0.717) is 60.8 Å². The molecule has 1 aromatic carbocycles. The summed E-state index contributed by atoms with van der Waals surface area (Å²) in [6, 6.07) is 11.8. The molecule has 5 aromatic rings. The topological polar surface area (TPSA) is 112 Å². The van der Waals surface area contributed by atoms with Gasteiger partial charge in [-0.1, -0.05) is 6.07 Å². The number of aromatic nitrogens is 5. The molecule has 41 heavy (non-hydrogen) atoms. The first-order valence-corrected chi connectivity index (χ1v) is 13.0. The molecular formula is C29H26F4N8. The van der Waals surface area contributed by atoms with Crippen molar-refractivity contribution in [2.45, 2.75) is 31.4 Å². The summed E-state index contributed by atoms with van der Waals surface area (Å²) in [5.41, 5.74) is 15.7. The van der Waals surface area contributed by atoms with E-state index in [1.807, 2.05) is 16.7 Å². The van der Waals surface area contributed by atoms with E-state index in [1.54, 1.807) is 30.9 Å². The van der Waals surface area contributed by atoms with E-state index >= 15 is 0 Å². The molecule has 1 saturated heterocycles. The molecule has 8 nitrogen and oxygen atoms in total. The Kier molecular flexibility index (Phi) is 6.78. The van der Waals surface area contributed by atoms with Gasteiger partial charge in [0.2, 0.25) is 0 Å².